The Morgan fingerprint density at radius 3 is 2.50 bits per heavy atom. The Morgan fingerprint density at radius 2 is 1.94 bits per heavy atom. The van der Waals surface area contributed by atoms with E-state index in [4.69, 9.17) is 5.26 Å². The lowest BCUT2D eigenvalue weighted by atomic mass is 10.1. The van der Waals surface area contributed by atoms with Gasteiger partial charge in [-0.3, -0.25) is 0 Å². The largest absolute Gasteiger partial charge is 0.362 e. The molecule has 4 nitrogen and oxygen atoms in total. The van der Waals surface area contributed by atoms with E-state index in [1.165, 1.54) is 6.20 Å². The van der Waals surface area contributed by atoms with Crippen LogP contribution >= 0.6 is 15.9 Å². The van der Waals surface area contributed by atoms with Crippen molar-refractivity contribution in [2.75, 3.05) is 5.32 Å². The number of hydrogen-bond donors (Lipinski definition) is 1. The second-order valence-electron chi connectivity index (χ2n) is 3.82. The van der Waals surface area contributed by atoms with Crippen LogP contribution in [0.1, 0.15) is 24.2 Å². The summed E-state index contributed by atoms with van der Waals surface area (Å²) in [5.74, 6) is 0.657. The highest BCUT2D eigenvalue weighted by atomic mass is 79.9. The molecule has 18 heavy (non-hydrogen) atoms. The molecule has 1 unspecified atom stereocenters. The SMILES string of the molecule is CC(Nc1cnc(C#N)cn1)c1ccc(Br)cc1. The van der Waals surface area contributed by atoms with E-state index in [0.29, 0.717) is 11.5 Å². The highest BCUT2D eigenvalue weighted by Gasteiger charge is 2.06. The first kappa shape index (κ1) is 12.5. The fourth-order valence-electron chi connectivity index (χ4n) is 1.52. The molecule has 5 heteroatoms. The number of rotatable bonds is 3. The molecule has 2 rings (SSSR count). The number of halogens is 1. The van der Waals surface area contributed by atoms with E-state index in [2.05, 4.69) is 31.2 Å². The van der Waals surface area contributed by atoms with Crippen molar-refractivity contribution in [2.45, 2.75) is 13.0 Å². The maximum Gasteiger partial charge on any atom is 0.158 e. The summed E-state index contributed by atoms with van der Waals surface area (Å²) in [6.07, 6.45) is 3.02. The van der Waals surface area contributed by atoms with Crippen molar-refractivity contribution >= 4 is 21.7 Å². The van der Waals surface area contributed by atoms with Crippen LogP contribution < -0.4 is 5.32 Å². The molecule has 0 aliphatic heterocycles. The van der Waals surface area contributed by atoms with Gasteiger partial charge in [-0.25, -0.2) is 9.97 Å². The summed E-state index contributed by atoms with van der Waals surface area (Å²) in [6.45, 7) is 2.04. The molecule has 0 bridgehead atoms. The lowest BCUT2D eigenvalue weighted by Gasteiger charge is -2.14. The molecule has 0 spiro atoms. The summed E-state index contributed by atoms with van der Waals surface area (Å²) in [7, 11) is 0. The van der Waals surface area contributed by atoms with Gasteiger partial charge < -0.3 is 5.32 Å². The van der Waals surface area contributed by atoms with Crippen LogP contribution in [-0.4, -0.2) is 9.97 Å². The van der Waals surface area contributed by atoms with Crippen molar-refractivity contribution in [1.29, 1.82) is 5.26 Å². The average Bonchev–Trinajstić information content (AvgIpc) is 2.40. The minimum Gasteiger partial charge on any atom is -0.362 e. The Balaban J connectivity index is 2.08. The monoisotopic (exact) mass is 302 g/mol. The normalized spacial score (nSPS) is 11.6. The van der Waals surface area contributed by atoms with E-state index in [9.17, 15) is 0 Å². The summed E-state index contributed by atoms with van der Waals surface area (Å²) in [5, 5.41) is 11.9. The van der Waals surface area contributed by atoms with Crippen LogP contribution in [0, 0.1) is 11.3 Å². The van der Waals surface area contributed by atoms with Crippen molar-refractivity contribution in [3.05, 3.63) is 52.4 Å². The quantitative estimate of drug-likeness (QED) is 0.945. The van der Waals surface area contributed by atoms with Crippen molar-refractivity contribution in [2.24, 2.45) is 0 Å². The predicted octanol–water partition coefficient (Wildman–Crippen LogP) is 3.28. The van der Waals surface area contributed by atoms with Crippen LogP contribution in [0.25, 0.3) is 0 Å². The van der Waals surface area contributed by atoms with Crippen LogP contribution in [0.3, 0.4) is 0 Å². The van der Waals surface area contributed by atoms with Gasteiger partial charge in [0.05, 0.1) is 12.4 Å². The molecule has 2 aromatic rings. The molecule has 1 atom stereocenters. The van der Waals surface area contributed by atoms with Gasteiger partial charge in [-0.05, 0) is 24.6 Å². The van der Waals surface area contributed by atoms with Crippen molar-refractivity contribution in [1.82, 2.24) is 9.97 Å². The van der Waals surface area contributed by atoms with E-state index < -0.39 is 0 Å². The molecule has 0 aliphatic rings. The third-order valence-corrected chi connectivity index (χ3v) is 3.03. The van der Waals surface area contributed by atoms with Crippen LogP contribution in [0.2, 0.25) is 0 Å². The molecule has 1 aromatic heterocycles. The molecule has 1 N–H and O–H groups in total. The average molecular weight is 303 g/mol. The van der Waals surface area contributed by atoms with Crippen molar-refractivity contribution in [3.8, 4) is 6.07 Å². The highest BCUT2D eigenvalue weighted by Crippen LogP contribution is 2.19. The van der Waals surface area contributed by atoms with Crippen molar-refractivity contribution in [3.63, 3.8) is 0 Å². The van der Waals surface area contributed by atoms with Crippen LogP contribution in [0.4, 0.5) is 5.82 Å². The van der Waals surface area contributed by atoms with Gasteiger partial charge in [0, 0.05) is 10.5 Å². The Kier molecular flexibility index (Phi) is 3.90. The summed E-state index contributed by atoms with van der Waals surface area (Å²) < 4.78 is 1.05. The predicted molar refractivity (Wildman–Crippen MR) is 72.9 cm³/mol. The molecule has 0 radical (unpaired) electrons. The van der Waals surface area contributed by atoms with Gasteiger partial charge in [0.25, 0.3) is 0 Å². The van der Waals surface area contributed by atoms with Gasteiger partial charge in [-0.1, -0.05) is 28.1 Å². The van der Waals surface area contributed by atoms with E-state index >= 15 is 0 Å². The molecule has 0 saturated carbocycles. The molecule has 1 aromatic carbocycles. The minimum atomic E-state index is 0.125. The first-order chi connectivity index (χ1) is 8.69. The third kappa shape index (κ3) is 3.05. The summed E-state index contributed by atoms with van der Waals surface area (Å²) >= 11 is 3.40. The molecule has 90 valence electrons. The van der Waals surface area contributed by atoms with Crippen LogP contribution in [-0.2, 0) is 0 Å². The molecular weight excluding hydrogens is 292 g/mol. The zero-order chi connectivity index (χ0) is 13.0. The van der Waals surface area contributed by atoms with Gasteiger partial charge in [0.2, 0.25) is 0 Å². The van der Waals surface area contributed by atoms with Crippen molar-refractivity contribution < 1.29 is 0 Å². The number of hydrogen-bond acceptors (Lipinski definition) is 4. The second-order valence-corrected chi connectivity index (χ2v) is 4.73. The third-order valence-electron chi connectivity index (χ3n) is 2.50. The number of nitrogens with zero attached hydrogens (tertiary/aromatic N) is 3. The van der Waals surface area contributed by atoms with Gasteiger partial charge in [-0.15, -0.1) is 0 Å². The molecular formula is C13H11BrN4. The lowest BCUT2D eigenvalue weighted by molar-refractivity contribution is 0.870. The molecule has 0 amide bonds. The number of benzene rings is 1. The fourth-order valence-corrected chi connectivity index (χ4v) is 1.78. The Bertz CT molecular complexity index is 557. The Labute approximate surface area is 114 Å². The minimum absolute atomic E-state index is 0.125. The first-order valence-electron chi connectivity index (χ1n) is 5.43. The zero-order valence-electron chi connectivity index (χ0n) is 9.76. The fraction of sp³-hybridized carbons (Fsp3) is 0.154. The van der Waals surface area contributed by atoms with Gasteiger partial charge in [0.1, 0.15) is 11.9 Å². The maximum absolute atomic E-state index is 8.64. The zero-order valence-corrected chi connectivity index (χ0v) is 11.3. The molecule has 0 aliphatic carbocycles. The standard InChI is InChI=1S/C13H11BrN4/c1-9(10-2-4-11(14)5-3-10)18-13-8-16-12(6-15)7-17-13/h2-5,7-9H,1H3,(H,17,18). The molecule has 1 heterocycles. The second kappa shape index (κ2) is 5.61. The van der Waals surface area contributed by atoms with E-state index in [1.807, 2.05) is 37.3 Å². The smallest absolute Gasteiger partial charge is 0.158 e. The van der Waals surface area contributed by atoms with Crippen LogP contribution in [0.5, 0.6) is 0 Å². The van der Waals surface area contributed by atoms with E-state index in [1.54, 1.807) is 6.20 Å². The Hall–Kier alpha value is -1.93. The van der Waals surface area contributed by atoms with Gasteiger partial charge >= 0.3 is 0 Å². The molecule has 0 saturated heterocycles. The summed E-state index contributed by atoms with van der Waals surface area (Å²) in [4.78, 5) is 8.09. The Morgan fingerprint density at radius 1 is 1.22 bits per heavy atom. The van der Waals surface area contributed by atoms with E-state index in [-0.39, 0.29) is 6.04 Å². The summed E-state index contributed by atoms with van der Waals surface area (Å²) in [5.41, 5.74) is 1.47. The van der Waals surface area contributed by atoms with Crippen LogP contribution in [0.15, 0.2) is 41.1 Å². The van der Waals surface area contributed by atoms with Gasteiger partial charge in [-0.2, -0.15) is 5.26 Å². The number of nitrogens with one attached hydrogen (secondary N) is 1. The first-order valence-corrected chi connectivity index (χ1v) is 6.22. The number of anilines is 1. The summed E-state index contributed by atoms with van der Waals surface area (Å²) in [6, 6.07) is 10.1. The lowest BCUT2D eigenvalue weighted by Crippen LogP contribution is -2.08. The molecule has 0 fully saturated rings. The number of aromatic nitrogens is 2. The number of nitriles is 1. The topological polar surface area (TPSA) is 61.6 Å². The van der Waals surface area contributed by atoms with Gasteiger partial charge in [0.15, 0.2) is 5.69 Å². The highest BCUT2D eigenvalue weighted by molar-refractivity contribution is 9.10. The maximum atomic E-state index is 8.64. The van der Waals surface area contributed by atoms with E-state index in [0.717, 1.165) is 10.0 Å².